The largest absolute Gasteiger partial charge is 0.467 e. The number of fused-ring (bicyclic) bond motifs is 5. The summed E-state index contributed by atoms with van der Waals surface area (Å²) in [6, 6.07) is 5.41. The molecule has 1 aromatic carbocycles. The Morgan fingerprint density at radius 3 is 2.81 bits per heavy atom. The third-order valence-electron chi connectivity index (χ3n) is 5.01. The zero-order chi connectivity index (χ0) is 22.5. The highest BCUT2D eigenvalue weighted by atomic mass is 32.2. The van der Waals surface area contributed by atoms with E-state index in [0.717, 1.165) is 16.4 Å². The zero-order valence-electron chi connectivity index (χ0n) is 16.9. The van der Waals surface area contributed by atoms with E-state index in [1.54, 1.807) is 14.0 Å². The number of sulfonamides is 1. The fraction of sp³-hybridized carbons (Fsp3) is 0.263. The molecule has 3 aromatic rings. The van der Waals surface area contributed by atoms with Crippen molar-refractivity contribution in [1.29, 1.82) is 5.26 Å². The zero-order valence-corrected chi connectivity index (χ0v) is 17.7. The number of ether oxygens (including phenoxy) is 1. The summed E-state index contributed by atoms with van der Waals surface area (Å²) >= 11 is 0. The van der Waals surface area contributed by atoms with Gasteiger partial charge in [0.2, 0.25) is 10.0 Å². The number of anilines is 1. The minimum Gasteiger partial charge on any atom is -0.467 e. The Labute approximate surface area is 177 Å². The Balaban J connectivity index is 2.03. The molecular weight excluding hydrogens is 425 g/mol. The van der Waals surface area contributed by atoms with Crippen molar-refractivity contribution in [1.82, 2.24) is 24.1 Å². The van der Waals surface area contributed by atoms with Gasteiger partial charge in [-0.1, -0.05) is 0 Å². The van der Waals surface area contributed by atoms with Crippen LogP contribution < -0.4 is 10.5 Å². The first-order valence-corrected chi connectivity index (χ1v) is 10.6. The average molecular weight is 443 g/mol. The van der Waals surface area contributed by atoms with Gasteiger partial charge in [-0.15, -0.1) is 0 Å². The van der Waals surface area contributed by atoms with Crippen LogP contribution >= 0.6 is 0 Å². The van der Waals surface area contributed by atoms with E-state index in [9.17, 15) is 18.1 Å². The predicted molar refractivity (Wildman–Crippen MR) is 107 cm³/mol. The number of halogens is 1. The maximum atomic E-state index is 14.0. The molecule has 1 aliphatic heterocycles. The van der Waals surface area contributed by atoms with Crippen LogP contribution in [0.4, 0.5) is 10.2 Å². The molecule has 160 valence electrons. The smallest absolute Gasteiger partial charge is 0.258 e. The number of rotatable bonds is 0. The summed E-state index contributed by atoms with van der Waals surface area (Å²) in [5.74, 6) is -0.711. The molecule has 0 aliphatic carbocycles. The highest BCUT2D eigenvalue weighted by Crippen LogP contribution is 2.35. The van der Waals surface area contributed by atoms with Gasteiger partial charge in [-0.05, 0) is 25.1 Å². The second kappa shape index (κ2) is 7.29. The summed E-state index contributed by atoms with van der Waals surface area (Å²) < 4.78 is 48.9. The molecule has 3 heterocycles. The maximum absolute atomic E-state index is 14.0. The first-order valence-electron chi connectivity index (χ1n) is 9.14. The normalized spacial score (nSPS) is 18.0. The molecule has 4 rings (SSSR count). The van der Waals surface area contributed by atoms with E-state index in [1.807, 2.05) is 0 Å². The molecule has 0 saturated heterocycles. The molecule has 0 amide bonds. The number of benzene rings is 1. The second-order valence-corrected chi connectivity index (χ2v) is 9.07. The Morgan fingerprint density at radius 2 is 2.10 bits per heavy atom. The van der Waals surface area contributed by atoms with E-state index < -0.39 is 21.9 Å². The predicted octanol–water partition coefficient (Wildman–Crippen LogP) is 1.74. The minimum atomic E-state index is -4.05. The molecule has 10 nitrogen and oxygen atoms in total. The number of nitrogens with two attached hydrogens (primary N) is 1. The van der Waals surface area contributed by atoms with Crippen LogP contribution in [0, 0.1) is 17.1 Å². The van der Waals surface area contributed by atoms with Crippen molar-refractivity contribution in [3.63, 3.8) is 0 Å². The quantitative estimate of drug-likeness (QED) is 0.554. The summed E-state index contributed by atoms with van der Waals surface area (Å²) in [5, 5.41) is 13.9. The number of nitrogen functional groups attached to an aromatic ring is 1. The van der Waals surface area contributed by atoms with Crippen molar-refractivity contribution in [3.8, 4) is 23.2 Å². The molecule has 0 radical (unpaired) electrons. The third-order valence-corrected chi connectivity index (χ3v) is 6.88. The van der Waals surface area contributed by atoms with Gasteiger partial charge >= 0.3 is 0 Å². The average Bonchev–Trinajstić information content (AvgIpc) is 3.03. The lowest BCUT2D eigenvalue weighted by Crippen LogP contribution is -2.29. The van der Waals surface area contributed by atoms with Crippen LogP contribution in [0.2, 0.25) is 0 Å². The Hall–Kier alpha value is -3.56. The van der Waals surface area contributed by atoms with E-state index in [1.165, 1.54) is 24.0 Å². The molecule has 2 bridgehead atoms. The number of hydrogen-bond acceptors (Lipinski definition) is 8. The van der Waals surface area contributed by atoms with Gasteiger partial charge in [0.05, 0.1) is 34.6 Å². The van der Waals surface area contributed by atoms with Gasteiger partial charge in [-0.3, -0.25) is 4.68 Å². The highest BCUT2D eigenvalue weighted by molar-refractivity contribution is 7.89. The Bertz CT molecular complexity index is 1350. The van der Waals surface area contributed by atoms with Crippen molar-refractivity contribution < 1.29 is 17.5 Å². The van der Waals surface area contributed by atoms with Gasteiger partial charge in [0.25, 0.3) is 5.88 Å². The van der Waals surface area contributed by atoms with Crippen LogP contribution in [0.5, 0.6) is 5.88 Å². The third kappa shape index (κ3) is 3.37. The van der Waals surface area contributed by atoms with E-state index in [0.29, 0.717) is 11.3 Å². The first-order chi connectivity index (χ1) is 14.6. The lowest BCUT2D eigenvalue weighted by atomic mass is 10.1. The van der Waals surface area contributed by atoms with E-state index in [2.05, 4.69) is 21.1 Å². The number of aromatic nitrogens is 4. The fourth-order valence-corrected chi connectivity index (χ4v) is 4.83. The highest BCUT2D eigenvalue weighted by Gasteiger charge is 2.31. The van der Waals surface area contributed by atoms with Gasteiger partial charge in [0.1, 0.15) is 23.7 Å². The number of nitrogens with zero attached hydrogens (tertiary/aromatic N) is 6. The van der Waals surface area contributed by atoms with Crippen molar-refractivity contribution >= 4 is 15.8 Å². The maximum Gasteiger partial charge on any atom is 0.258 e. The SMILES string of the molecule is C[C@H]1Oc2nc(cnc2N)-c2c(nn(C)c2C#N)CN(C)S(=O)(=O)c2ccc(F)cc21. The monoisotopic (exact) mass is 443 g/mol. The van der Waals surface area contributed by atoms with Gasteiger partial charge in [-0.2, -0.15) is 14.7 Å². The molecule has 2 N–H and O–H groups in total. The van der Waals surface area contributed by atoms with Crippen LogP contribution in [-0.4, -0.2) is 39.5 Å². The summed E-state index contributed by atoms with van der Waals surface area (Å²) in [6.45, 7) is 1.41. The van der Waals surface area contributed by atoms with E-state index in [4.69, 9.17) is 10.5 Å². The molecule has 0 unspecified atom stereocenters. The van der Waals surface area contributed by atoms with Crippen LogP contribution in [0.3, 0.4) is 0 Å². The van der Waals surface area contributed by atoms with Crippen LogP contribution in [0.1, 0.15) is 30.0 Å². The Morgan fingerprint density at radius 1 is 1.35 bits per heavy atom. The second-order valence-electron chi connectivity index (χ2n) is 7.05. The summed E-state index contributed by atoms with van der Waals surface area (Å²) in [7, 11) is -1.11. The van der Waals surface area contributed by atoms with Crippen LogP contribution in [0.15, 0.2) is 29.3 Å². The topological polar surface area (TPSA) is 140 Å². The first kappa shape index (κ1) is 20.7. The molecule has 0 spiro atoms. The standard InChI is InChI=1S/C19H18FN7O3S/c1-10-12-6-11(20)4-5-16(12)31(28,29)26(2)9-14-17(15(7-21)27(3)25-14)13-8-23-18(22)19(24-13)30-10/h4-6,8,10H,9H2,1-3H3,(H2,22,23)/t10-/m1/s1. The lowest BCUT2D eigenvalue weighted by Gasteiger charge is -2.23. The van der Waals surface area contributed by atoms with Crippen molar-refractivity contribution in [2.45, 2.75) is 24.5 Å². The summed E-state index contributed by atoms with van der Waals surface area (Å²) in [6.07, 6.45) is 0.450. The van der Waals surface area contributed by atoms with Crippen LogP contribution in [-0.2, 0) is 23.6 Å². The molecule has 1 atom stereocenters. The Kier molecular flexibility index (Phi) is 4.87. The molecule has 2 aromatic heterocycles. The molecule has 0 fully saturated rings. The summed E-state index contributed by atoms with van der Waals surface area (Å²) in [4.78, 5) is 8.39. The van der Waals surface area contributed by atoms with E-state index in [-0.39, 0.29) is 40.1 Å². The number of aryl methyl sites for hydroxylation is 1. The minimum absolute atomic E-state index is 0.0328. The molecule has 0 saturated carbocycles. The molecular formula is C19H18FN7O3S. The van der Waals surface area contributed by atoms with Crippen molar-refractivity contribution in [3.05, 3.63) is 47.2 Å². The number of hydrogen-bond donors (Lipinski definition) is 1. The van der Waals surface area contributed by atoms with E-state index >= 15 is 0 Å². The van der Waals surface area contributed by atoms with Crippen molar-refractivity contribution in [2.75, 3.05) is 12.8 Å². The summed E-state index contributed by atoms with van der Waals surface area (Å²) in [5.41, 5.74) is 7.08. The van der Waals surface area contributed by atoms with Gasteiger partial charge < -0.3 is 10.5 Å². The van der Waals surface area contributed by atoms with Crippen molar-refractivity contribution in [2.24, 2.45) is 7.05 Å². The van der Waals surface area contributed by atoms with Gasteiger partial charge in [0.15, 0.2) is 5.82 Å². The molecule has 31 heavy (non-hydrogen) atoms. The molecule has 12 heteroatoms. The molecule has 1 aliphatic rings. The van der Waals surface area contributed by atoms with Gasteiger partial charge in [0, 0.05) is 19.7 Å². The lowest BCUT2D eigenvalue weighted by molar-refractivity contribution is 0.214. The number of nitriles is 1. The van der Waals surface area contributed by atoms with Gasteiger partial charge in [-0.25, -0.2) is 22.8 Å². The van der Waals surface area contributed by atoms with Crippen LogP contribution in [0.25, 0.3) is 11.3 Å². The fourth-order valence-electron chi connectivity index (χ4n) is 3.44.